The topological polar surface area (TPSA) is 104 Å². The largest absolute Gasteiger partial charge is 0.478 e. The van der Waals surface area contributed by atoms with Gasteiger partial charge in [-0.05, 0) is 29.0 Å². The zero-order valence-electron chi connectivity index (χ0n) is 10.6. The molecule has 5 N–H and O–H groups in total. The molecule has 3 aromatic rings. The molecule has 0 aliphatic heterocycles. The van der Waals surface area contributed by atoms with E-state index in [0.29, 0.717) is 5.69 Å². The number of hydrogen-bond acceptors (Lipinski definition) is 4. The van der Waals surface area contributed by atoms with Gasteiger partial charge in [0, 0.05) is 12.4 Å². The summed E-state index contributed by atoms with van der Waals surface area (Å²) in [6.45, 7) is 0. The van der Waals surface area contributed by atoms with Crippen molar-refractivity contribution in [3.63, 3.8) is 0 Å². The van der Waals surface area contributed by atoms with Gasteiger partial charge in [0.25, 0.3) is 0 Å². The van der Waals surface area contributed by atoms with Crippen LogP contribution in [0.4, 0.5) is 5.69 Å². The van der Waals surface area contributed by atoms with E-state index in [1.54, 1.807) is 24.5 Å². The number of hydrogen-bond donors (Lipinski definition) is 4. The summed E-state index contributed by atoms with van der Waals surface area (Å²) < 4.78 is 0. The van der Waals surface area contributed by atoms with Gasteiger partial charge >= 0.3 is 5.97 Å². The van der Waals surface area contributed by atoms with Crippen molar-refractivity contribution in [3.05, 3.63) is 60.4 Å². The number of nitrogens with one attached hydrogen (secondary N) is 2. The van der Waals surface area contributed by atoms with Crippen LogP contribution < -0.4 is 11.3 Å². The van der Waals surface area contributed by atoms with E-state index in [0.717, 1.165) is 10.8 Å². The van der Waals surface area contributed by atoms with Gasteiger partial charge in [0.2, 0.25) is 0 Å². The summed E-state index contributed by atoms with van der Waals surface area (Å²) in [7, 11) is 0. The summed E-state index contributed by atoms with van der Waals surface area (Å²) in [5, 5.41) is 17.0. The predicted octanol–water partition coefficient (Wildman–Crippen LogP) is 2.23. The number of fused-ring (bicyclic) bond motifs is 1. The molecule has 3 rings (SSSR count). The van der Waals surface area contributed by atoms with Crippen LogP contribution in [0.1, 0.15) is 10.4 Å². The van der Waals surface area contributed by atoms with Crippen molar-refractivity contribution in [1.29, 1.82) is 0 Å². The summed E-state index contributed by atoms with van der Waals surface area (Å²) in [4.78, 5) is 10.9. The lowest BCUT2D eigenvalue weighted by atomic mass is 10.1. The Hall–Kier alpha value is -2.86. The van der Waals surface area contributed by atoms with E-state index < -0.39 is 5.97 Å². The molecule has 2 aromatic carbocycles. The second-order valence-corrected chi connectivity index (χ2v) is 3.96. The predicted molar refractivity (Wildman–Crippen MR) is 77.3 cm³/mol. The van der Waals surface area contributed by atoms with Gasteiger partial charge in [0.05, 0.1) is 11.3 Å². The van der Waals surface area contributed by atoms with Crippen LogP contribution >= 0.6 is 0 Å². The Morgan fingerprint density at radius 1 is 1.20 bits per heavy atom. The number of aromatic carboxylic acids is 1. The van der Waals surface area contributed by atoms with Gasteiger partial charge in [-0.3, -0.25) is 10.9 Å². The Kier molecular flexibility index (Phi) is 4.31. The second kappa shape index (κ2) is 6.35. The lowest BCUT2D eigenvalue weighted by molar-refractivity contribution is 0.0698. The maximum absolute atomic E-state index is 10.9. The van der Waals surface area contributed by atoms with Gasteiger partial charge in [-0.2, -0.15) is 5.10 Å². The highest BCUT2D eigenvalue weighted by atomic mass is 16.4. The number of carboxylic acids is 1. The molecule has 6 heteroatoms. The third-order valence-electron chi connectivity index (χ3n) is 2.68. The van der Waals surface area contributed by atoms with E-state index in [9.17, 15) is 4.79 Å². The van der Waals surface area contributed by atoms with Crippen molar-refractivity contribution in [2.75, 3.05) is 5.43 Å². The summed E-state index contributed by atoms with van der Waals surface area (Å²) in [5.74, 6) is 4.27. The number of hydrazine groups is 1. The molecule has 0 fully saturated rings. The molecule has 0 aliphatic carbocycles. The molecule has 0 aliphatic rings. The van der Waals surface area contributed by atoms with Gasteiger partial charge in [0.1, 0.15) is 0 Å². The van der Waals surface area contributed by atoms with Gasteiger partial charge in [-0.1, -0.05) is 24.3 Å². The molecular weight excluding hydrogens is 256 g/mol. The first-order valence-electron chi connectivity index (χ1n) is 5.89. The van der Waals surface area contributed by atoms with Crippen LogP contribution in [0, 0.1) is 0 Å². The standard InChI is InChI=1S/C11H10N2O2.C3H4N2/c12-13-10-6-8-4-2-1-3-7(8)5-9(10)11(14)15;1-2-4-5-3-1/h1-6,13H,12H2,(H,14,15);1-3H,(H,4,5). The fourth-order valence-electron chi connectivity index (χ4n) is 1.75. The third-order valence-corrected chi connectivity index (χ3v) is 2.68. The minimum absolute atomic E-state index is 0.177. The number of aromatic amines is 1. The Balaban J connectivity index is 0.000000247. The molecule has 0 spiro atoms. The molecule has 6 nitrogen and oxygen atoms in total. The molecule has 20 heavy (non-hydrogen) atoms. The molecule has 102 valence electrons. The summed E-state index contributed by atoms with van der Waals surface area (Å²) in [6, 6.07) is 12.7. The van der Waals surface area contributed by atoms with Gasteiger partial charge in [-0.15, -0.1) is 0 Å². The van der Waals surface area contributed by atoms with Crippen molar-refractivity contribution in [2.24, 2.45) is 5.84 Å². The maximum atomic E-state index is 10.9. The van der Waals surface area contributed by atoms with Crippen LogP contribution in [0.15, 0.2) is 54.9 Å². The fourth-order valence-corrected chi connectivity index (χ4v) is 1.75. The lowest BCUT2D eigenvalue weighted by Gasteiger charge is -2.07. The Labute approximate surface area is 115 Å². The van der Waals surface area contributed by atoms with E-state index in [4.69, 9.17) is 10.9 Å². The first-order valence-corrected chi connectivity index (χ1v) is 5.89. The maximum Gasteiger partial charge on any atom is 0.337 e. The third kappa shape index (κ3) is 3.12. The number of rotatable bonds is 2. The zero-order valence-corrected chi connectivity index (χ0v) is 10.6. The molecule has 0 radical (unpaired) electrons. The van der Waals surface area contributed by atoms with E-state index in [1.807, 2.05) is 30.3 Å². The molecule has 0 amide bonds. The Morgan fingerprint density at radius 2 is 1.90 bits per heavy atom. The smallest absolute Gasteiger partial charge is 0.337 e. The van der Waals surface area contributed by atoms with Crippen molar-refractivity contribution in [2.45, 2.75) is 0 Å². The minimum atomic E-state index is -0.992. The normalized spacial score (nSPS) is 9.65. The van der Waals surface area contributed by atoms with Crippen molar-refractivity contribution in [3.8, 4) is 0 Å². The molecule has 1 aromatic heterocycles. The number of nitrogen functional groups attached to an aromatic ring is 1. The number of anilines is 1. The lowest BCUT2D eigenvalue weighted by Crippen LogP contribution is -2.11. The van der Waals surface area contributed by atoms with Crippen LogP contribution in [0.3, 0.4) is 0 Å². The highest BCUT2D eigenvalue weighted by Crippen LogP contribution is 2.23. The molecule has 0 bridgehead atoms. The number of nitrogens with zero attached hydrogens (tertiary/aromatic N) is 1. The number of nitrogens with two attached hydrogens (primary N) is 1. The molecule has 0 saturated heterocycles. The SMILES string of the molecule is NNc1cc2ccccc2cc1C(=O)O.c1cn[nH]c1. The van der Waals surface area contributed by atoms with Gasteiger partial charge < -0.3 is 10.5 Å². The van der Waals surface area contributed by atoms with Crippen LogP contribution in [0.2, 0.25) is 0 Å². The molecule has 0 unspecified atom stereocenters. The fraction of sp³-hybridized carbons (Fsp3) is 0. The molecule has 1 heterocycles. The second-order valence-electron chi connectivity index (χ2n) is 3.96. The Morgan fingerprint density at radius 3 is 2.35 bits per heavy atom. The highest BCUT2D eigenvalue weighted by molar-refractivity contribution is 6.00. The van der Waals surface area contributed by atoms with Crippen LogP contribution in [-0.2, 0) is 0 Å². The average Bonchev–Trinajstić information content (AvgIpc) is 3.05. The number of carbonyl (C=O) groups is 1. The average molecular weight is 270 g/mol. The summed E-state index contributed by atoms with van der Waals surface area (Å²) in [5.41, 5.74) is 2.98. The summed E-state index contributed by atoms with van der Waals surface area (Å²) >= 11 is 0. The number of H-pyrrole nitrogens is 1. The number of aromatic nitrogens is 2. The monoisotopic (exact) mass is 270 g/mol. The van der Waals surface area contributed by atoms with Crippen LogP contribution in [0.25, 0.3) is 10.8 Å². The van der Waals surface area contributed by atoms with Crippen molar-refractivity contribution in [1.82, 2.24) is 10.2 Å². The number of benzene rings is 2. The molecule has 0 atom stereocenters. The summed E-state index contributed by atoms with van der Waals surface area (Å²) in [6.07, 6.45) is 3.46. The quantitative estimate of drug-likeness (QED) is 0.422. The Bertz CT molecular complexity index is 678. The number of carboxylic acid groups (broad SMARTS) is 1. The van der Waals surface area contributed by atoms with E-state index >= 15 is 0 Å². The van der Waals surface area contributed by atoms with Crippen LogP contribution in [0.5, 0.6) is 0 Å². The first kappa shape index (κ1) is 13.6. The first-order chi connectivity index (χ1) is 9.72. The van der Waals surface area contributed by atoms with Crippen molar-refractivity contribution >= 4 is 22.4 Å². The zero-order chi connectivity index (χ0) is 14.4. The van der Waals surface area contributed by atoms with Gasteiger partial charge in [0.15, 0.2) is 0 Å². The molecule has 0 saturated carbocycles. The van der Waals surface area contributed by atoms with E-state index in [2.05, 4.69) is 15.6 Å². The highest BCUT2D eigenvalue weighted by Gasteiger charge is 2.10. The van der Waals surface area contributed by atoms with Gasteiger partial charge in [-0.25, -0.2) is 4.79 Å². The van der Waals surface area contributed by atoms with Crippen LogP contribution in [-0.4, -0.2) is 21.3 Å². The van der Waals surface area contributed by atoms with E-state index in [-0.39, 0.29) is 5.56 Å². The molecular formula is C14H14N4O2. The minimum Gasteiger partial charge on any atom is -0.478 e. The van der Waals surface area contributed by atoms with Crippen molar-refractivity contribution < 1.29 is 9.90 Å². The van der Waals surface area contributed by atoms with E-state index in [1.165, 1.54) is 0 Å².